The maximum Gasteiger partial charge on any atom is 0.332 e. The summed E-state index contributed by atoms with van der Waals surface area (Å²) in [5, 5.41) is 12.3. The average Bonchev–Trinajstić information content (AvgIpc) is 2.48. The lowest BCUT2D eigenvalue weighted by Crippen LogP contribution is -2.42. The highest BCUT2D eigenvalue weighted by Crippen LogP contribution is 2.35. The summed E-state index contributed by atoms with van der Waals surface area (Å²) >= 11 is 0. The second kappa shape index (κ2) is 9.22. The highest BCUT2D eigenvalue weighted by atomic mass is 32.2. The molecule has 0 bridgehead atoms. The molecule has 0 radical (unpaired) electrons. The molecule has 2 aliphatic rings. The summed E-state index contributed by atoms with van der Waals surface area (Å²) in [4.78, 5) is 13.4. The molecule has 1 heterocycles. The number of nitrogens with zero attached hydrogens (tertiary/aromatic N) is 2. The molecule has 7 nitrogen and oxygen atoms in total. The molecule has 1 saturated carbocycles. The predicted octanol–water partition coefficient (Wildman–Crippen LogP) is 0.994. The molecule has 0 spiro atoms. The van der Waals surface area contributed by atoms with Crippen LogP contribution in [-0.2, 0) is 15.3 Å². The van der Waals surface area contributed by atoms with E-state index in [4.69, 9.17) is 5.11 Å². The first-order chi connectivity index (χ1) is 10.4. The highest BCUT2D eigenvalue weighted by molar-refractivity contribution is 7.61. The van der Waals surface area contributed by atoms with Gasteiger partial charge in [0.05, 0.1) is 0 Å². The number of carboxylic acids is 1. The summed E-state index contributed by atoms with van der Waals surface area (Å²) < 4.78 is 24.4. The fourth-order valence-corrected chi connectivity index (χ4v) is 3.42. The molecule has 2 N–H and O–H groups in total. The van der Waals surface area contributed by atoms with E-state index >= 15 is 0 Å². The topological polar surface area (TPSA) is 99.1 Å². The maximum atomic E-state index is 11.1. The van der Waals surface area contributed by atoms with Gasteiger partial charge in [-0.3, -0.25) is 0 Å². The van der Waals surface area contributed by atoms with Crippen molar-refractivity contribution in [3.05, 3.63) is 0 Å². The van der Waals surface area contributed by atoms with E-state index in [0.717, 1.165) is 45.2 Å². The third-order valence-corrected chi connectivity index (χ3v) is 4.97. The number of piperazine rings is 1. The van der Waals surface area contributed by atoms with Crippen LogP contribution in [0.25, 0.3) is 0 Å². The van der Waals surface area contributed by atoms with Crippen molar-refractivity contribution in [3.8, 4) is 0 Å². The van der Waals surface area contributed by atoms with Crippen LogP contribution in [0.3, 0.4) is 0 Å². The molecule has 1 aliphatic heterocycles. The van der Waals surface area contributed by atoms with Gasteiger partial charge in [-0.25, -0.2) is 4.79 Å². The minimum Gasteiger partial charge on any atom is -0.479 e. The summed E-state index contributed by atoms with van der Waals surface area (Å²) in [5.41, 5.74) is -1.48. The Morgan fingerprint density at radius 3 is 2.14 bits per heavy atom. The normalized spacial score (nSPS) is 22.8. The van der Waals surface area contributed by atoms with Crippen molar-refractivity contribution in [2.24, 2.45) is 10.3 Å². The summed E-state index contributed by atoms with van der Waals surface area (Å²) in [6, 6.07) is 0. The number of likely N-dealkylation sites (N-methyl/N-ethyl adjacent to an activating group) is 1. The van der Waals surface area contributed by atoms with Gasteiger partial charge in [0.2, 0.25) is 0 Å². The Bertz CT molecular complexity index is 474. The molecule has 128 valence electrons. The maximum absolute atomic E-state index is 11.1. The summed E-state index contributed by atoms with van der Waals surface area (Å²) in [6.45, 7) is 6.13. The minimum atomic E-state index is -2.66. The van der Waals surface area contributed by atoms with E-state index in [1.165, 1.54) is 20.0 Å². The lowest BCUT2D eigenvalue weighted by Gasteiger charge is -2.31. The zero-order chi connectivity index (χ0) is 16.6. The first-order valence-electron chi connectivity index (χ1n) is 7.81. The fourth-order valence-electron chi connectivity index (χ4n) is 2.88. The molecule has 0 aromatic carbocycles. The van der Waals surface area contributed by atoms with Gasteiger partial charge in [0, 0.05) is 26.2 Å². The van der Waals surface area contributed by atoms with Crippen LogP contribution in [0.15, 0.2) is 4.36 Å². The van der Waals surface area contributed by atoms with Gasteiger partial charge in [-0.1, -0.05) is 19.3 Å². The van der Waals surface area contributed by atoms with Gasteiger partial charge in [0.1, 0.15) is 0 Å². The Kier molecular flexibility index (Phi) is 7.98. The van der Waals surface area contributed by atoms with E-state index in [0.29, 0.717) is 0 Å². The zero-order valence-corrected chi connectivity index (χ0v) is 14.2. The Morgan fingerprint density at radius 2 is 1.77 bits per heavy atom. The molecule has 1 unspecified atom stereocenters. The molecule has 0 amide bonds. The van der Waals surface area contributed by atoms with Crippen LogP contribution in [0.2, 0.25) is 0 Å². The van der Waals surface area contributed by atoms with Gasteiger partial charge in [0.25, 0.3) is 0 Å². The zero-order valence-electron chi connectivity index (χ0n) is 13.4. The van der Waals surface area contributed by atoms with Gasteiger partial charge in [-0.15, -0.1) is 0 Å². The Hall–Kier alpha value is -0.990. The molecule has 1 saturated heterocycles. The van der Waals surface area contributed by atoms with Gasteiger partial charge < -0.3 is 15.3 Å². The molecule has 2 rings (SSSR count). The van der Waals surface area contributed by atoms with Crippen LogP contribution in [0.1, 0.15) is 39.0 Å². The Morgan fingerprint density at radius 1 is 1.23 bits per heavy atom. The molecule has 1 atom stereocenters. The molecular weight excluding hydrogens is 306 g/mol. The first-order valence-corrected chi connectivity index (χ1v) is 8.84. The summed E-state index contributed by atoms with van der Waals surface area (Å²) in [7, 11) is -0.509. The number of carboxylic acid groups (broad SMARTS) is 1. The average molecular weight is 333 g/mol. The predicted molar refractivity (Wildman–Crippen MR) is 84.3 cm³/mol. The number of aliphatic carboxylic acids is 1. The molecule has 0 aromatic heterocycles. The van der Waals surface area contributed by atoms with Crippen LogP contribution in [-0.4, -0.2) is 63.2 Å². The summed E-state index contributed by atoms with van der Waals surface area (Å²) in [6.07, 6.45) is 4.47. The Labute approximate surface area is 133 Å². The van der Waals surface area contributed by atoms with Gasteiger partial charge in [-0.2, -0.15) is 12.8 Å². The third kappa shape index (κ3) is 6.02. The smallest absolute Gasteiger partial charge is 0.332 e. The van der Waals surface area contributed by atoms with E-state index in [9.17, 15) is 13.2 Å². The number of nitrogens with one attached hydrogen (secondary N) is 1. The summed E-state index contributed by atoms with van der Waals surface area (Å²) in [5.74, 6) is -1.32. The quantitative estimate of drug-likeness (QED) is 0.799. The Balaban J connectivity index is 0.000000287. The van der Waals surface area contributed by atoms with E-state index < -0.39 is 22.0 Å². The lowest BCUT2D eigenvalue weighted by molar-refractivity contribution is -0.145. The highest BCUT2D eigenvalue weighted by Gasteiger charge is 2.42. The fraction of sp³-hybridized carbons (Fsp3) is 0.929. The van der Waals surface area contributed by atoms with Crippen LogP contribution in [0, 0.1) is 5.92 Å². The first kappa shape index (κ1) is 19.1. The SMILES string of the molecule is CC(N=S(=O)=O)(C(=O)O)C1CCCCC1.CN1CCNCC1. The van der Waals surface area contributed by atoms with E-state index in [-0.39, 0.29) is 5.92 Å². The van der Waals surface area contributed by atoms with Crippen molar-refractivity contribution < 1.29 is 18.3 Å². The van der Waals surface area contributed by atoms with Crippen LogP contribution in [0.5, 0.6) is 0 Å². The second-order valence-corrected chi connectivity index (χ2v) is 6.77. The number of hydrogen-bond donors (Lipinski definition) is 2. The second-order valence-electron chi connectivity index (χ2n) is 6.15. The number of carbonyl (C=O) groups is 1. The van der Waals surface area contributed by atoms with Crippen molar-refractivity contribution in [2.45, 2.75) is 44.6 Å². The molecule has 22 heavy (non-hydrogen) atoms. The van der Waals surface area contributed by atoms with Crippen molar-refractivity contribution in [1.82, 2.24) is 10.2 Å². The molecule has 2 fully saturated rings. The molecule has 1 aliphatic carbocycles. The van der Waals surface area contributed by atoms with Crippen LogP contribution < -0.4 is 5.32 Å². The van der Waals surface area contributed by atoms with Crippen LogP contribution in [0.4, 0.5) is 0 Å². The molecule has 0 aromatic rings. The van der Waals surface area contributed by atoms with Gasteiger partial charge >= 0.3 is 16.5 Å². The third-order valence-electron chi connectivity index (χ3n) is 4.44. The van der Waals surface area contributed by atoms with Crippen LogP contribution >= 0.6 is 0 Å². The van der Waals surface area contributed by atoms with Crippen molar-refractivity contribution in [2.75, 3.05) is 33.2 Å². The van der Waals surface area contributed by atoms with Crippen molar-refractivity contribution >= 4 is 16.5 Å². The van der Waals surface area contributed by atoms with Gasteiger partial charge in [0.15, 0.2) is 5.54 Å². The largest absolute Gasteiger partial charge is 0.479 e. The van der Waals surface area contributed by atoms with Crippen molar-refractivity contribution in [1.29, 1.82) is 0 Å². The van der Waals surface area contributed by atoms with Gasteiger partial charge in [-0.05, 0) is 32.7 Å². The van der Waals surface area contributed by atoms with E-state index in [1.807, 2.05) is 0 Å². The van der Waals surface area contributed by atoms with E-state index in [1.54, 1.807) is 0 Å². The standard InChI is InChI=1S/C9H15NO4S.C5H12N2/c1-9(8(11)12,10-15(13)14)7-5-3-2-4-6-7;1-7-4-2-6-3-5-7/h7H,2-6H2,1H3,(H,11,12);6H,2-5H2,1H3. The minimum absolute atomic E-state index is 0.165. The molecule has 8 heteroatoms. The lowest BCUT2D eigenvalue weighted by atomic mass is 9.76. The molecular formula is C14H27N3O4S. The van der Waals surface area contributed by atoms with Crippen molar-refractivity contribution in [3.63, 3.8) is 0 Å². The number of rotatable bonds is 3. The number of hydrogen-bond acceptors (Lipinski definition) is 6. The van der Waals surface area contributed by atoms with E-state index in [2.05, 4.69) is 21.6 Å². The monoisotopic (exact) mass is 333 g/mol.